The van der Waals surface area contributed by atoms with Crippen LogP contribution in [0, 0.1) is 0 Å². The van der Waals surface area contributed by atoms with Gasteiger partial charge in [-0.05, 0) is 12.1 Å². The average Bonchev–Trinajstić information content (AvgIpc) is 2.81. The maximum atomic E-state index is 12.0. The summed E-state index contributed by atoms with van der Waals surface area (Å²) in [4.78, 5) is 26.3. The van der Waals surface area contributed by atoms with Crippen LogP contribution in [0.1, 0.15) is 0 Å². The number of cyclic esters (lactones) is 1. The van der Waals surface area contributed by atoms with Crippen LogP contribution in [-0.2, 0) is 9.53 Å². The summed E-state index contributed by atoms with van der Waals surface area (Å²) in [7, 11) is 0. The van der Waals surface area contributed by atoms with Crippen LogP contribution >= 0.6 is 11.6 Å². The molecular formula is C14H15ClN2O4. The largest absolute Gasteiger partial charge is 0.485 e. The molecular weight excluding hydrogens is 296 g/mol. The molecule has 112 valence electrons. The molecule has 0 N–H and O–H groups in total. The Balaban J connectivity index is 1.46. The van der Waals surface area contributed by atoms with Gasteiger partial charge in [-0.25, -0.2) is 4.79 Å². The molecule has 6 nitrogen and oxygen atoms in total. The zero-order chi connectivity index (χ0) is 14.8. The van der Waals surface area contributed by atoms with E-state index in [1.165, 1.54) is 4.90 Å². The fraction of sp³-hybridized carbons (Fsp3) is 0.429. The molecule has 3 rings (SSSR count). The molecule has 2 aliphatic rings. The van der Waals surface area contributed by atoms with Crippen LogP contribution in [0.15, 0.2) is 24.3 Å². The Kier molecular flexibility index (Phi) is 3.88. The van der Waals surface area contributed by atoms with Crippen molar-refractivity contribution in [1.82, 2.24) is 9.80 Å². The van der Waals surface area contributed by atoms with E-state index in [1.807, 2.05) is 12.1 Å². The normalized spacial score (nSPS) is 18.4. The SMILES string of the molecule is O=C(CN1CCOC1=O)N1CC(Oc2ccccc2Cl)C1. The van der Waals surface area contributed by atoms with E-state index in [-0.39, 0.29) is 18.6 Å². The van der Waals surface area contributed by atoms with Gasteiger partial charge >= 0.3 is 6.09 Å². The van der Waals surface area contributed by atoms with Gasteiger partial charge in [-0.2, -0.15) is 0 Å². The van der Waals surface area contributed by atoms with Crippen molar-refractivity contribution >= 4 is 23.6 Å². The van der Waals surface area contributed by atoms with Crippen LogP contribution in [-0.4, -0.2) is 60.7 Å². The van der Waals surface area contributed by atoms with Gasteiger partial charge < -0.3 is 14.4 Å². The minimum atomic E-state index is -0.423. The maximum absolute atomic E-state index is 12.0. The van der Waals surface area contributed by atoms with E-state index in [2.05, 4.69) is 0 Å². The Labute approximate surface area is 127 Å². The molecule has 0 bridgehead atoms. The van der Waals surface area contributed by atoms with Crippen molar-refractivity contribution in [3.8, 4) is 5.75 Å². The van der Waals surface area contributed by atoms with Gasteiger partial charge in [-0.3, -0.25) is 9.69 Å². The minimum absolute atomic E-state index is 0.0561. The lowest BCUT2D eigenvalue weighted by Gasteiger charge is -2.39. The van der Waals surface area contributed by atoms with Crippen molar-refractivity contribution in [3.05, 3.63) is 29.3 Å². The van der Waals surface area contributed by atoms with Gasteiger partial charge in [0, 0.05) is 0 Å². The van der Waals surface area contributed by atoms with Crippen molar-refractivity contribution in [2.75, 3.05) is 32.8 Å². The molecule has 0 aliphatic carbocycles. The number of halogens is 1. The second-order valence-corrected chi connectivity index (χ2v) is 5.41. The molecule has 0 radical (unpaired) electrons. The van der Waals surface area contributed by atoms with Gasteiger partial charge in [0.1, 0.15) is 25.0 Å². The van der Waals surface area contributed by atoms with E-state index in [0.29, 0.717) is 37.0 Å². The zero-order valence-corrected chi connectivity index (χ0v) is 12.1. The fourth-order valence-electron chi connectivity index (χ4n) is 2.27. The number of likely N-dealkylation sites (tertiary alicyclic amines) is 1. The highest BCUT2D eigenvalue weighted by atomic mass is 35.5. The summed E-state index contributed by atoms with van der Waals surface area (Å²) in [6.07, 6.45) is -0.480. The highest BCUT2D eigenvalue weighted by Gasteiger charge is 2.35. The Morgan fingerprint density at radius 1 is 1.38 bits per heavy atom. The van der Waals surface area contributed by atoms with Crippen LogP contribution in [0.2, 0.25) is 5.02 Å². The Morgan fingerprint density at radius 2 is 2.14 bits per heavy atom. The van der Waals surface area contributed by atoms with E-state index in [9.17, 15) is 9.59 Å². The van der Waals surface area contributed by atoms with E-state index in [1.54, 1.807) is 17.0 Å². The van der Waals surface area contributed by atoms with E-state index >= 15 is 0 Å². The van der Waals surface area contributed by atoms with Gasteiger partial charge in [0.2, 0.25) is 5.91 Å². The summed E-state index contributed by atoms with van der Waals surface area (Å²) in [6, 6.07) is 7.24. The van der Waals surface area contributed by atoms with Crippen molar-refractivity contribution in [3.63, 3.8) is 0 Å². The third-order valence-electron chi connectivity index (χ3n) is 3.50. The van der Waals surface area contributed by atoms with Crippen molar-refractivity contribution < 1.29 is 19.1 Å². The number of nitrogens with zero attached hydrogens (tertiary/aromatic N) is 2. The van der Waals surface area contributed by atoms with Crippen LogP contribution in [0.4, 0.5) is 4.79 Å². The number of amides is 2. The molecule has 2 amide bonds. The fourth-order valence-corrected chi connectivity index (χ4v) is 2.45. The molecule has 1 aromatic rings. The monoisotopic (exact) mass is 310 g/mol. The van der Waals surface area contributed by atoms with Crippen LogP contribution in [0.3, 0.4) is 0 Å². The summed E-state index contributed by atoms with van der Waals surface area (Å²) in [5.74, 6) is 0.534. The number of carbonyl (C=O) groups excluding carboxylic acids is 2. The number of hydrogen-bond acceptors (Lipinski definition) is 4. The highest BCUT2D eigenvalue weighted by molar-refractivity contribution is 6.32. The first-order valence-corrected chi connectivity index (χ1v) is 7.12. The van der Waals surface area contributed by atoms with Crippen LogP contribution in [0.5, 0.6) is 5.75 Å². The molecule has 0 saturated carbocycles. The number of para-hydroxylation sites is 1. The summed E-state index contributed by atoms with van der Waals surface area (Å²) >= 11 is 6.01. The lowest BCUT2D eigenvalue weighted by molar-refractivity contribution is -0.140. The van der Waals surface area contributed by atoms with E-state index in [0.717, 1.165) is 0 Å². The number of hydrogen-bond donors (Lipinski definition) is 0. The quantitative estimate of drug-likeness (QED) is 0.843. The average molecular weight is 311 g/mol. The molecule has 7 heteroatoms. The molecule has 1 aromatic carbocycles. The Hall–Kier alpha value is -1.95. The Morgan fingerprint density at radius 3 is 2.81 bits per heavy atom. The van der Waals surface area contributed by atoms with Gasteiger partial charge in [-0.1, -0.05) is 23.7 Å². The van der Waals surface area contributed by atoms with Gasteiger partial charge in [-0.15, -0.1) is 0 Å². The summed E-state index contributed by atoms with van der Waals surface area (Å²) in [6.45, 7) is 1.90. The highest BCUT2D eigenvalue weighted by Crippen LogP contribution is 2.26. The first kappa shape index (κ1) is 14.0. The van der Waals surface area contributed by atoms with Crippen molar-refractivity contribution in [1.29, 1.82) is 0 Å². The predicted octanol–water partition coefficient (Wildman–Crippen LogP) is 1.38. The third-order valence-corrected chi connectivity index (χ3v) is 3.81. The smallest absolute Gasteiger partial charge is 0.410 e. The molecule has 21 heavy (non-hydrogen) atoms. The van der Waals surface area contributed by atoms with Gasteiger partial charge in [0.05, 0.1) is 24.7 Å². The summed E-state index contributed by atoms with van der Waals surface area (Å²) in [5, 5.41) is 0.557. The molecule has 0 aromatic heterocycles. The molecule has 0 unspecified atom stereocenters. The number of rotatable bonds is 4. The Bertz CT molecular complexity index is 560. The topological polar surface area (TPSA) is 59.1 Å². The predicted molar refractivity (Wildman–Crippen MR) is 75.4 cm³/mol. The molecule has 2 fully saturated rings. The van der Waals surface area contributed by atoms with E-state index in [4.69, 9.17) is 21.1 Å². The third kappa shape index (κ3) is 3.05. The maximum Gasteiger partial charge on any atom is 0.410 e. The molecule has 2 saturated heterocycles. The minimum Gasteiger partial charge on any atom is -0.485 e. The van der Waals surface area contributed by atoms with E-state index < -0.39 is 6.09 Å². The first-order valence-electron chi connectivity index (χ1n) is 6.74. The second kappa shape index (κ2) is 5.81. The first-order chi connectivity index (χ1) is 10.1. The number of benzene rings is 1. The lowest BCUT2D eigenvalue weighted by atomic mass is 10.1. The number of ether oxygens (including phenoxy) is 2. The lowest BCUT2D eigenvalue weighted by Crippen LogP contribution is -2.58. The molecule has 0 spiro atoms. The van der Waals surface area contributed by atoms with Crippen LogP contribution < -0.4 is 4.74 Å². The van der Waals surface area contributed by atoms with Crippen molar-refractivity contribution in [2.45, 2.75) is 6.10 Å². The van der Waals surface area contributed by atoms with Crippen molar-refractivity contribution in [2.24, 2.45) is 0 Å². The standard InChI is InChI=1S/C14H15ClN2O4/c15-11-3-1-2-4-12(11)21-10-7-17(8-10)13(18)9-16-5-6-20-14(16)19/h1-4,10H,5-9H2. The molecule has 0 atom stereocenters. The summed E-state index contributed by atoms with van der Waals surface area (Å²) < 4.78 is 10.5. The number of carbonyl (C=O) groups is 2. The van der Waals surface area contributed by atoms with Gasteiger partial charge in [0.15, 0.2) is 0 Å². The summed E-state index contributed by atoms with van der Waals surface area (Å²) in [5.41, 5.74) is 0. The molecule has 2 aliphatic heterocycles. The zero-order valence-electron chi connectivity index (χ0n) is 11.3. The van der Waals surface area contributed by atoms with Crippen LogP contribution in [0.25, 0.3) is 0 Å². The second-order valence-electron chi connectivity index (χ2n) is 5.00. The molecule has 2 heterocycles. The van der Waals surface area contributed by atoms with Gasteiger partial charge in [0.25, 0.3) is 0 Å².